The summed E-state index contributed by atoms with van der Waals surface area (Å²) in [5, 5.41) is 2.75. The van der Waals surface area contributed by atoms with E-state index in [2.05, 4.69) is 5.32 Å². The summed E-state index contributed by atoms with van der Waals surface area (Å²) in [7, 11) is -3.51. The zero-order valence-corrected chi connectivity index (χ0v) is 15.9. The molecule has 0 bridgehead atoms. The van der Waals surface area contributed by atoms with Crippen LogP contribution in [0.2, 0.25) is 0 Å². The Bertz CT molecular complexity index is 761. The summed E-state index contributed by atoms with van der Waals surface area (Å²) in [6.07, 6.45) is 0. The molecule has 0 atom stereocenters. The number of thioether (sulfide) groups is 1. The number of hydrogen-bond donors (Lipinski definition) is 1. The maximum absolute atomic E-state index is 12.5. The third-order valence-electron chi connectivity index (χ3n) is 4.18. The van der Waals surface area contributed by atoms with Crippen molar-refractivity contribution < 1.29 is 22.7 Å². The molecule has 142 valence electrons. The lowest BCUT2D eigenvalue weighted by atomic mass is 10.2. The fourth-order valence-corrected chi connectivity index (χ4v) is 5.00. The Kier molecular flexibility index (Phi) is 6.17. The summed E-state index contributed by atoms with van der Waals surface area (Å²) in [5.41, 5.74) is 0.793. The number of rotatable bonds is 6. The number of carbonyl (C=O) groups is 2. The fourth-order valence-electron chi connectivity index (χ4n) is 2.69. The van der Waals surface area contributed by atoms with E-state index in [4.69, 9.17) is 4.74 Å². The maximum Gasteiger partial charge on any atom is 0.243 e. The van der Waals surface area contributed by atoms with Gasteiger partial charge in [-0.1, -0.05) is 12.1 Å². The second-order valence-corrected chi connectivity index (χ2v) is 8.90. The lowest BCUT2D eigenvalue weighted by Crippen LogP contribution is -2.40. The van der Waals surface area contributed by atoms with Crippen molar-refractivity contribution in [2.45, 2.75) is 11.4 Å². The number of carbonyl (C=O) groups excluding carboxylic acids is 2. The van der Waals surface area contributed by atoms with Crippen LogP contribution in [0.15, 0.2) is 29.2 Å². The van der Waals surface area contributed by atoms with E-state index in [9.17, 15) is 18.0 Å². The highest BCUT2D eigenvalue weighted by atomic mass is 32.2. The number of nitrogens with zero attached hydrogens (tertiary/aromatic N) is 2. The number of benzene rings is 1. The Hall–Kier alpha value is -1.62. The van der Waals surface area contributed by atoms with Gasteiger partial charge >= 0.3 is 0 Å². The molecule has 2 heterocycles. The van der Waals surface area contributed by atoms with Crippen molar-refractivity contribution >= 4 is 33.6 Å². The first kappa shape index (κ1) is 19.2. The number of nitrogens with one attached hydrogen (secondary N) is 1. The van der Waals surface area contributed by atoms with Crippen LogP contribution >= 0.6 is 11.8 Å². The van der Waals surface area contributed by atoms with Gasteiger partial charge in [0.1, 0.15) is 6.54 Å². The highest BCUT2D eigenvalue weighted by Crippen LogP contribution is 2.18. The van der Waals surface area contributed by atoms with E-state index in [1.807, 2.05) is 0 Å². The number of amides is 2. The average Bonchev–Trinajstić information content (AvgIpc) is 3.06. The van der Waals surface area contributed by atoms with Crippen molar-refractivity contribution in [2.75, 3.05) is 44.5 Å². The quantitative estimate of drug-likeness (QED) is 0.715. The summed E-state index contributed by atoms with van der Waals surface area (Å²) in [4.78, 5) is 25.2. The van der Waals surface area contributed by atoms with Crippen molar-refractivity contribution in [1.29, 1.82) is 0 Å². The summed E-state index contributed by atoms with van der Waals surface area (Å²) < 4.78 is 31.7. The van der Waals surface area contributed by atoms with Crippen molar-refractivity contribution in [3.63, 3.8) is 0 Å². The molecule has 0 aliphatic carbocycles. The Morgan fingerprint density at radius 1 is 1.19 bits per heavy atom. The SMILES string of the molecule is O=C(CN1CSCC1=O)NCc1ccc(S(=O)(=O)N2CCOCC2)cc1. The van der Waals surface area contributed by atoms with Crippen LogP contribution in [-0.2, 0) is 30.9 Å². The summed E-state index contributed by atoms with van der Waals surface area (Å²) in [6, 6.07) is 6.47. The molecule has 26 heavy (non-hydrogen) atoms. The van der Waals surface area contributed by atoms with Crippen LogP contribution in [0.3, 0.4) is 0 Å². The minimum absolute atomic E-state index is 0.0252. The second-order valence-electron chi connectivity index (χ2n) is 6.01. The van der Waals surface area contributed by atoms with Crippen LogP contribution in [0, 0.1) is 0 Å². The molecule has 8 nitrogen and oxygen atoms in total. The number of ether oxygens (including phenoxy) is 1. The molecule has 2 fully saturated rings. The molecule has 2 aliphatic rings. The van der Waals surface area contributed by atoms with Crippen LogP contribution in [0.4, 0.5) is 0 Å². The van der Waals surface area contributed by atoms with Gasteiger partial charge in [0.05, 0.1) is 29.7 Å². The Labute approximate surface area is 156 Å². The number of morpholine rings is 1. The lowest BCUT2D eigenvalue weighted by Gasteiger charge is -2.26. The zero-order valence-electron chi connectivity index (χ0n) is 14.2. The van der Waals surface area contributed by atoms with Crippen LogP contribution in [0.1, 0.15) is 5.56 Å². The minimum atomic E-state index is -3.51. The van der Waals surface area contributed by atoms with Crippen LogP contribution < -0.4 is 5.32 Å². The third kappa shape index (κ3) is 4.56. The van der Waals surface area contributed by atoms with Gasteiger partial charge in [-0.05, 0) is 17.7 Å². The first-order valence-electron chi connectivity index (χ1n) is 8.26. The van der Waals surface area contributed by atoms with Crippen molar-refractivity contribution in [1.82, 2.24) is 14.5 Å². The first-order valence-corrected chi connectivity index (χ1v) is 10.9. The fraction of sp³-hybridized carbons (Fsp3) is 0.500. The van der Waals surface area contributed by atoms with Gasteiger partial charge in [0.15, 0.2) is 0 Å². The van der Waals surface area contributed by atoms with E-state index in [-0.39, 0.29) is 29.8 Å². The Balaban J connectivity index is 1.54. The molecule has 2 aliphatic heterocycles. The van der Waals surface area contributed by atoms with Crippen molar-refractivity contribution in [2.24, 2.45) is 0 Å². The predicted octanol–water partition coefficient (Wildman–Crippen LogP) is -0.143. The molecule has 10 heteroatoms. The van der Waals surface area contributed by atoms with E-state index in [1.165, 1.54) is 21.0 Å². The van der Waals surface area contributed by atoms with E-state index in [0.717, 1.165) is 5.56 Å². The average molecular weight is 399 g/mol. The zero-order chi connectivity index (χ0) is 18.6. The molecular weight excluding hydrogens is 378 g/mol. The smallest absolute Gasteiger partial charge is 0.243 e. The molecule has 0 saturated carbocycles. The van der Waals surface area contributed by atoms with Crippen molar-refractivity contribution in [3.8, 4) is 0 Å². The molecule has 0 aromatic heterocycles. The molecule has 0 radical (unpaired) electrons. The summed E-state index contributed by atoms with van der Waals surface area (Å²) in [5.74, 6) is 0.709. The first-order chi connectivity index (χ1) is 12.5. The monoisotopic (exact) mass is 399 g/mol. The molecule has 2 saturated heterocycles. The topological polar surface area (TPSA) is 96.0 Å². The molecular formula is C16H21N3O5S2. The Morgan fingerprint density at radius 2 is 1.88 bits per heavy atom. The normalized spacial score (nSPS) is 18.9. The number of hydrogen-bond acceptors (Lipinski definition) is 6. The molecule has 0 unspecified atom stereocenters. The summed E-state index contributed by atoms with van der Waals surface area (Å²) >= 11 is 1.49. The van der Waals surface area contributed by atoms with Gasteiger partial charge in [0.25, 0.3) is 0 Å². The van der Waals surface area contributed by atoms with E-state index < -0.39 is 10.0 Å². The van der Waals surface area contributed by atoms with Crippen LogP contribution in [0.25, 0.3) is 0 Å². The number of sulfonamides is 1. The third-order valence-corrected chi connectivity index (χ3v) is 7.04. The van der Waals surface area contributed by atoms with Gasteiger partial charge in [-0.2, -0.15) is 4.31 Å². The predicted molar refractivity (Wildman–Crippen MR) is 96.9 cm³/mol. The van der Waals surface area contributed by atoms with Gasteiger partial charge in [0, 0.05) is 19.6 Å². The van der Waals surface area contributed by atoms with Gasteiger partial charge in [-0.3, -0.25) is 9.59 Å². The van der Waals surface area contributed by atoms with Crippen LogP contribution in [0.5, 0.6) is 0 Å². The summed E-state index contributed by atoms with van der Waals surface area (Å²) in [6.45, 7) is 1.85. The van der Waals surface area contributed by atoms with Gasteiger partial charge < -0.3 is 15.0 Å². The highest BCUT2D eigenvalue weighted by molar-refractivity contribution is 8.00. The molecule has 2 amide bonds. The Morgan fingerprint density at radius 3 is 2.50 bits per heavy atom. The van der Waals surface area contributed by atoms with Crippen molar-refractivity contribution in [3.05, 3.63) is 29.8 Å². The maximum atomic E-state index is 12.5. The van der Waals surface area contributed by atoms with Crippen LogP contribution in [-0.4, -0.2) is 73.9 Å². The molecule has 1 N–H and O–H groups in total. The lowest BCUT2D eigenvalue weighted by molar-refractivity contribution is -0.132. The van der Waals surface area contributed by atoms with E-state index in [1.54, 1.807) is 24.3 Å². The second kappa shape index (κ2) is 8.38. The van der Waals surface area contributed by atoms with Gasteiger partial charge in [0.2, 0.25) is 21.8 Å². The molecule has 1 aromatic rings. The highest BCUT2D eigenvalue weighted by Gasteiger charge is 2.26. The standard InChI is InChI=1S/C16H21N3O5S2/c20-15(10-18-12-25-11-16(18)21)17-9-13-1-3-14(4-2-13)26(22,23)19-5-7-24-8-6-19/h1-4H,5-12H2,(H,17,20). The largest absolute Gasteiger partial charge is 0.379 e. The van der Waals surface area contributed by atoms with E-state index >= 15 is 0 Å². The molecule has 3 rings (SSSR count). The van der Waals surface area contributed by atoms with Gasteiger partial charge in [-0.25, -0.2) is 8.42 Å². The minimum Gasteiger partial charge on any atom is -0.379 e. The molecule has 0 spiro atoms. The molecule has 1 aromatic carbocycles. The van der Waals surface area contributed by atoms with E-state index in [0.29, 0.717) is 37.9 Å². The van der Waals surface area contributed by atoms with Gasteiger partial charge in [-0.15, -0.1) is 11.8 Å².